The molecular weight excluding hydrogens is 459 g/mol. The second-order valence-corrected chi connectivity index (χ2v) is 8.68. The van der Waals surface area contributed by atoms with Crippen molar-refractivity contribution in [1.82, 2.24) is 0 Å². The van der Waals surface area contributed by atoms with Gasteiger partial charge in [0.2, 0.25) is 5.91 Å². The van der Waals surface area contributed by atoms with Gasteiger partial charge in [0.15, 0.2) is 0 Å². The Balaban J connectivity index is 1.74. The molecule has 2 aromatic carbocycles. The average Bonchev–Trinajstić information content (AvgIpc) is 3.14. The lowest BCUT2D eigenvalue weighted by Crippen LogP contribution is -2.43. The SMILES string of the molecule is CC(C)(Oc1ccc(F)c(N2C(=O)Cc3csc(C(=O)O)c3C2=O)c1)c1c(F)cccc1F. The lowest BCUT2D eigenvalue weighted by Gasteiger charge is -2.29. The highest BCUT2D eigenvalue weighted by molar-refractivity contribution is 7.12. The lowest BCUT2D eigenvalue weighted by molar-refractivity contribution is -0.117. The summed E-state index contributed by atoms with van der Waals surface area (Å²) in [6, 6.07) is 6.55. The van der Waals surface area contributed by atoms with Crippen molar-refractivity contribution in [3.8, 4) is 5.75 Å². The Kier molecular flexibility index (Phi) is 5.49. The number of ether oxygens (including phenoxy) is 1. The second kappa shape index (κ2) is 8.04. The molecule has 0 spiro atoms. The van der Waals surface area contributed by atoms with Gasteiger partial charge in [0, 0.05) is 6.07 Å². The quantitative estimate of drug-likeness (QED) is 0.531. The van der Waals surface area contributed by atoms with E-state index >= 15 is 0 Å². The summed E-state index contributed by atoms with van der Waals surface area (Å²) in [5.41, 5.74) is -2.26. The molecule has 0 fully saturated rings. The molecule has 0 saturated heterocycles. The molecule has 1 aliphatic rings. The van der Waals surface area contributed by atoms with Crippen molar-refractivity contribution in [1.29, 1.82) is 0 Å². The number of amides is 2. The van der Waals surface area contributed by atoms with Gasteiger partial charge >= 0.3 is 5.97 Å². The van der Waals surface area contributed by atoms with Gasteiger partial charge in [0.05, 0.1) is 23.2 Å². The molecule has 1 aromatic heterocycles. The summed E-state index contributed by atoms with van der Waals surface area (Å²) in [6.45, 7) is 2.82. The zero-order valence-electron chi connectivity index (χ0n) is 17.3. The summed E-state index contributed by atoms with van der Waals surface area (Å²) < 4.78 is 49.0. The summed E-state index contributed by atoms with van der Waals surface area (Å²) in [5, 5.41) is 10.8. The van der Waals surface area contributed by atoms with E-state index in [1.807, 2.05) is 0 Å². The number of aromatic carboxylic acids is 1. The number of benzene rings is 2. The van der Waals surface area contributed by atoms with Crippen molar-refractivity contribution < 1.29 is 37.4 Å². The zero-order chi connectivity index (χ0) is 24.1. The first-order valence-corrected chi connectivity index (χ1v) is 10.5. The number of carboxylic acid groups (broad SMARTS) is 1. The van der Waals surface area contributed by atoms with Crippen LogP contribution < -0.4 is 9.64 Å². The Morgan fingerprint density at radius 3 is 2.39 bits per heavy atom. The second-order valence-electron chi connectivity index (χ2n) is 7.80. The number of carbonyl (C=O) groups is 3. The molecule has 170 valence electrons. The zero-order valence-corrected chi connectivity index (χ0v) is 18.1. The van der Waals surface area contributed by atoms with Gasteiger partial charge in [0.1, 0.15) is 33.7 Å². The van der Waals surface area contributed by atoms with Gasteiger partial charge < -0.3 is 9.84 Å². The smallest absolute Gasteiger partial charge is 0.346 e. The van der Waals surface area contributed by atoms with Crippen LogP contribution in [0.2, 0.25) is 0 Å². The molecule has 0 radical (unpaired) electrons. The molecule has 0 aliphatic carbocycles. The molecule has 2 heterocycles. The van der Waals surface area contributed by atoms with Gasteiger partial charge in [-0.15, -0.1) is 11.3 Å². The average molecular weight is 475 g/mol. The van der Waals surface area contributed by atoms with Crippen molar-refractivity contribution in [2.45, 2.75) is 25.9 Å². The van der Waals surface area contributed by atoms with Gasteiger partial charge in [-0.05, 0) is 49.1 Å². The van der Waals surface area contributed by atoms with Crippen LogP contribution in [-0.2, 0) is 16.8 Å². The Hall–Kier alpha value is -3.66. The summed E-state index contributed by atoms with van der Waals surface area (Å²) in [6.07, 6.45) is -0.290. The topological polar surface area (TPSA) is 83.9 Å². The number of halogens is 3. The number of rotatable bonds is 5. The monoisotopic (exact) mass is 475 g/mol. The molecule has 0 saturated carbocycles. The van der Waals surface area contributed by atoms with Crippen LogP contribution in [0.15, 0.2) is 41.8 Å². The number of carboxylic acids is 1. The van der Waals surface area contributed by atoms with E-state index in [1.165, 1.54) is 31.4 Å². The first kappa shape index (κ1) is 22.5. The van der Waals surface area contributed by atoms with Crippen LogP contribution in [0.25, 0.3) is 0 Å². The van der Waals surface area contributed by atoms with Crippen molar-refractivity contribution in [3.63, 3.8) is 0 Å². The van der Waals surface area contributed by atoms with Crippen molar-refractivity contribution in [3.05, 3.63) is 80.8 Å². The Morgan fingerprint density at radius 1 is 1.09 bits per heavy atom. The van der Waals surface area contributed by atoms with Crippen LogP contribution in [0.4, 0.5) is 18.9 Å². The number of carbonyl (C=O) groups excluding carboxylic acids is 2. The number of hydrogen-bond acceptors (Lipinski definition) is 5. The molecule has 6 nitrogen and oxygen atoms in total. The first-order chi connectivity index (χ1) is 15.5. The minimum absolute atomic E-state index is 0.0609. The summed E-state index contributed by atoms with van der Waals surface area (Å²) in [5.74, 6) is -5.74. The fourth-order valence-corrected chi connectivity index (χ4v) is 4.67. The molecule has 3 aromatic rings. The molecule has 0 atom stereocenters. The third kappa shape index (κ3) is 3.86. The van der Waals surface area contributed by atoms with Gasteiger partial charge in [-0.3, -0.25) is 9.59 Å². The highest BCUT2D eigenvalue weighted by Gasteiger charge is 2.38. The summed E-state index contributed by atoms with van der Waals surface area (Å²) in [4.78, 5) is 37.5. The van der Waals surface area contributed by atoms with Gasteiger partial charge in [-0.2, -0.15) is 0 Å². The number of nitrogens with zero attached hydrogens (tertiary/aromatic N) is 1. The van der Waals surface area contributed by atoms with E-state index < -0.39 is 46.5 Å². The fourth-order valence-electron chi connectivity index (χ4n) is 3.77. The third-order valence-electron chi connectivity index (χ3n) is 5.17. The van der Waals surface area contributed by atoms with Gasteiger partial charge in [-0.1, -0.05) is 6.07 Å². The van der Waals surface area contributed by atoms with E-state index in [1.54, 1.807) is 0 Å². The maximum absolute atomic E-state index is 14.7. The highest BCUT2D eigenvalue weighted by Crippen LogP contribution is 2.37. The summed E-state index contributed by atoms with van der Waals surface area (Å²) in [7, 11) is 0. The standard InChI is InChI=1S/C23H16F3NO5S/c1-23(2,19-14(25)4-3-5-15(19)26)32-12-6-7-13(24)16(9-12)27-17(28)8-11-10-33-20(22(30)31)18(11)21(27)29/h3-7,9-10H,8H2,1-2H3,(H,30,31). The lowest BCUT2D eigenvalue weighted by atomic mass is 9.96. The van der Waals surface area contributed by atoms with E-state index in [9.17, 15) is 32.7 Å². The minimum Gasteiger partial charge on any atom is -0.483 e. The van der Waals surface area contributed by atoms with Crippen LogP contribution in [0.5, 0.6) is 5.75 Å². The fraction of sp³-hybridized carbons (Fsp3) is 0.174. The number of fused-ring (bicyclic) bond motifs is 1. The maximum atomic E-state index is 14.7. The van der Waals surface area contributed by atoms with Crippen molar-refractivity contribution >= 4 is 34.8 Å². The number of thiophene rings is 1. The highest BCUT2D eigenvalue weighted by atomic mass is 32.1. The predicted molar refractivity (Wildman–Crippen MR) is 113 cm³/mol. The number of anilines is 1. The largest absolute Gasteiger partial charge is 0.483 e. The van der Waals surface area contributed by atoms with Crippen molar-refractivity contribution in [2.24, 2.45) is 0 Å². The molecular formula is C23H16F3NO5S. The third-order valence-corrected chi connectivity index (χ3v) is 6.18. The molecule has 33 heavy (non-hydrogen) atoms. The van der Waals surface area contributed by atoms with Gasteiger partial charge in [0.25, 0.3) is 5.91 Å². The van der Waals surface area contributed by atoms with Crippen LogP contribution in [0, 0.1) is 17.5 Å². The van der Waals surface area contributed by atoms with Crippen LogP contribution in [0.3, 0.4) is 0 Å². The molecule has 1 aliphatic heterocycles. The Morgan fingerprint density at radius 2 is 1.76 bits per heavy atom. The van der Waals surface area contributed by atoms with Gasteiger partial charge in [-0.25, -0.2) is 22.9 Å². The summed E-state index contributed by atoms with van der Waals surface area (Å²) >= 11 is 0.803. The number of imide groups is 1. The minimum atomic E-state index is -1.53. The van der Waals surface area contributed by atoms with Crippen LogP contribution in [-0.4, -0.2) is 22.9 Å². The van der Waals surface area contributed by atoms with Crippen LogP contribution >= 0.6 is 11.3 Å². The molecule has 1 N–H and O–H groups in total. The van der Waals surface area contributed by atoms with Crippen molar-refractivity contribution in [2.75, 3.05) is 4.90 Å². The van der Waals surface area contributed by atoms with E-state index in [0.29, 0.717) is 4.90 Å². The molecule has 2 amide bonds. The molecule has 0 unspecified atom stereocenters. The molecule has 10 heteroatoms. The molecule has 4 rings (SSSR count). The maximum Gasteiger partial charge on any atom is 0.346 e. The first-order valence-electron chi connectivity index (χ1n) is 9.65. The molecule has 0 bridgehead atoms. The Bertz CT molecular complexity index is 1300. The Labute approximate surface area is 189 Å². The predicted octanol–water partition coefficient (Wildman–Crippen LogP) is 4.91. The van der Waals surface area contributed by atoms with E-state index in [0.717, 1.165) is 35.6 Å². The van der Waals surface area contributed by atoms with E-state index in [-0.39, 0.29) is 33.7 Å². The number of hydrogen-bond donors (Lipinski definition) is 1. The normalized spacial score (nSPS) is 13.8. The van der Waals surface area contributed by atoms with Crippen LogP contribution in [0.1, 0.15) is 45.0 Å². The van der Waals surface area contributed by atoms with E-state index in [2.05, 4.69) is 0 Å². The van der Waals surface area contributed by atoms with E-state index in [4.69, 9.17) is 4.74 Å².